The maximum Gasteiger partial charge on any atom is 0.420 e. The van der Waals surface area contributed by atoms with Crippen LogP contribution in [0.25, 0.3) is 0 Å². The summed E-state index contributed by atoms with van der Waals surface area (Å²) in [6.07, 6.45) is -3.02. The third-order valence-corrected chi connectivity index (χ3v) is 3.68. The van der Waals surface area contributed by atoms with E-state index in [0.717, 1.165) is 6.07 Å². The Morgan fingerprint density at radius 2 is 1.60 bits per heavy atom. The number of hydrogen-bond donors (Lipinski definition) is 0. The van der Waals surface area contributed by atoms with Crippen LogP contribution < -0.4 is 14.2 Å². The van der Waals surface area contributed by atoms with Crippen molar-refractivity contribution in [3.8, 4) is 23.0 Å². The summed E-state index contributed by atoms with van der Waals surface area (Å²) in [6, 6.07) is 10.1. The van der Waals surface area contributed by atoms with Gasteiger partial charge in [0.25, 0.3) is 0 Å². The maximum atomic E-state index is 13.3. The number of methoxy groups -OCH3 is 1. The molecule has 8 heteroatoms. The predicted molar refractivity (Wildman–Crippen MR) is 95.9 cm³/mol. The van der Waals surface area contributed by atoms with E-state index in [2.05, 4.69) is 31.9 Å². The monoisotopic (exact) mass is 480 g/mol. The minimum atomic E-state index is -4.57. The standard InChI is InChI=1S/C17H13Br2F3O3/c1-23-11-2-4-12(5-3-11)25-13-6-7-15(24-9-8-16(18)19)14(10-13)17(20,21)22/h2-8,10H,9H2,1H3. The maximum absolute atomic E-state index is 13.3. The Balaban J connectivity index is 2.23. The Hall–Kier alpha value is -1.67. The highest BCUT2D eigenvalue weighted by Gasteiger charge is 2.35. The highest BCUT2D eigenvalue weighted by atomic mass is 79.9. The number of alkyl halides is 3. The number of rotatable bonds is 6. The summed E-state index contributed by atoms with van der Waals surface area (Å²) in [5.41, 5.74) is -0.905. The van der Waals surface area contributed by atoms with E-state index in [9.17, 15) is 13.2 Å². The largest absolute Gasteiger partial charge is 0.497 e. The van der Waals surface area contributed by atoms with Gasteiger partial charge in [0.05, 0.1) is 10.5 Å². The van der Waals surface area contributed by atoms with Crippen LogP contribution >= 0.6 is 31.9 Å². The van der Waals surface area contributed by atoms with Crippen molar-refractivity contribution in [2.45, 2.75) is 6.18 Å². The summed E-state index contributed by atoms with van der Waals surface area (Å²) in [7, 11) is 1.52. The van der Waals surface area contributed by atoms with Gasteiger partial charge in [-0.1, -0.05) is 0 Å². The van der Waals surface area contributed by atoms with Gasteiger partial charge in [0.2, 0.25) is 0 Å². The normalized spacial score (nSPS) is 11.0. The van der Waals surface area contributed by atoms with Crippen molar-refractivity contribution in [1.82, 2.24) is 0 Å². The molecule has 0 aliphatic rings. The second kappa shape index (κ2) is 8.62. The van der Waals surface area contributed by atoms with E-state index >= 15 is 0 Å². The predicted octanol–water partition coefficient (Wildman–Crippen LogP) is 6.52. The number of hydrogen-bond acceptors (Lipinski definition) is 3. The smallest absolute Gasteiger partial charge is 0.420 e. The Morgan fingerprint density at radius 1 is 1.00 bits per heavy atom. The first-order valence-electron chi connectivity index (χ1n) is 6.96. The topological polar surface area (TPSA) is 27.7 Å². The molecule has 0 radical (unpaired) electrons. The van der Waals surface area contributed by atoms with Crippen molar-refractivity contribution in [3.63, 3.8) is 0 Å². The van der Waals surface area contributed by atoms with Crippen molar-refractivity contribution >= 4 is 31.9 Å². The summed E-state index contributed by atoms with van der Waals surface area (Å²) in [6.45, 7) is -0.0202. The molecule has 2 rings (SSSR count). The zero-order chi connectivity index (χ0) is 18.4. The van der Waals surface area contributed by atoms with Crippen molar-refractivity contribution in [2.24, 2.45) is 0 Å². The van der Waals surface area contributed by atoms with Crippen LogP contribution in [-0.2, 0) is 6.18 Å². The van der Waals surface area contributed by atoms with Crippen molar-refractivity contribution in [3.05, 3.63) is 57.5 Å². The molecule has 0 atom stereocenters. The summed E-state index contributed by atoms with van der Waals surface area (Å²) in [5.74, 6) is 0.806. The Kier molecular flexibility index (Phi) is 6.78. The first-order chi connectivity index (χ1) is 11.8. The average molecular weight is 482 g/mol. The van der Waals surface area contributed by atoms with Crippen LogP contribution in [0.15, 0.2) is 51.9 Å². The van der Waals surface area contributed by atoms with Gasteiger partial charge >= 0.3 is 6.18 Å². The first-order valence-corrected chi connectivity index (χ1v) is 8.55. The average Bonchev–Trinajstić information content (AvgIpc) is 2.55. The number of halogens is 5. The fraction of sp³-hybridized carbons (Fsp3) is 0.176. The molecule has 0 bridgehead atoms. The van der Waals surface area contributed by atoms with E-state index in [1.54, 1.807) is 30.3 Å². The van der Waals surface area contributed by atoms with Gasteiger partial charge in [-0.15, -0.1) is 0 Å². The molecular weight excluding hydrogens is 469 g/mol. The highest BCUT2D eigenvalue weighted by Crippen LogP contribution is 2.39. The van der Waals surface area contributed by atoms with E-state index < -0.39 is 11.7 Å². The molecule has 0 aliphatic heterocycles. The zero-order valence-electron chi connectivity index (χ0n) is 12.9. The molecule has 2 aromatic rings. The SMILES string of the molecule is COc1ccc(Oc2ccc(OCC=C(Br)Br)c(C(F)(F)F)c2)cc1. The van der Waals surface area contributed by atoms with Crippen molar-refractivity contribution < 1.29 is 27.4 Å². The molecular formula is C17H13Br2F3O3. The molecule has 0 amide bonds. The minimum Gasteiger partial charge on any atom is -0.497 e. The van der Waals surface area contributed by atoms with Gasteiger partial charge in [0.1, 0.15) is 35.2 Å². The summed E-state index contributed by atoms with van der Waals surface area (Å²) in [4.78, 5) is 0. The van der Waals surface area contributed by atoms with E-state index in [4.69, 9.17) is 14.2 Å². The highest BCUT2D eigenvalue weighted by molar-refractivity contribution is 9.28. The summed E-state index contributed by atoms with van der Waals surface area (Å²) in [5, 5.41) is 0. The lowest BCUT2D eigenvalue weighted by Crippen LogP contribution is -2.09. The molecule has 134 valence electrons. The Bertz CT molecular complexity index is 740. The molecule has 0 N–H and O–H groups in total. The van der Waals surface area contributed by atoms with Crippen LogP contribution in [-0.4, -0.2) is 13.7 Å². The van der Waals surface area contributed by atoms with Crippen LogP contribution in [0.5, 0.6) is 23.0 Å². The molecule has 2 aromatic carbocycles. The second-order valence-corrected chi connectivity index (χ2v) is 7.51. The van der Waals surface area contributed by atoms with Gasteiger partial charge in [-0.2, -0.15) is 13.2 Å². The molecule has 0 unspecified atom stereocenters. The molecule has 0 aliphatic carbocycles. The van der Waals surface area contributed by atoms with Crippen LogP contribution in [0.3, 0.4) is 0 Å². The van der Waals surface area contributed by atoms with Crippen molar-refractivity contribution in [2.75, 3.05) is 13.7 Å². The van der Waals surface area contributed by atoms with E-state index in [1.807, 2.05) is 0 Å². The zero-order valence-corrected chi connectivity index (χ0v) is 16.1. The fourth-order valence-electron chi connectivity index (χ4n) is 1.89. The molecule has 0 fully saturated rings. The van der Waals surface area contributed by atoms with Gasteiger partial charge in [0.15, 0.2) is 0 Å². The minimum absolute atomic E-state index is 0.0202. The van der Waals surface area contributed by atoms with Gasteiger partial charge in [-0.05, 0) is 80.4 Å². The summed E-state index contributed by atoms with van der Waals surface area (Å²) < 4.78 is 56.1. The molecule has 0 aromatic heterocycles. The molecule has 3 nitrogen and oxygen atoms in total. The Labute approximate surface area is 159 Å². The second-order valence-electron chi connectivity index (χ2n) is 4.74. The molecule has 25 heavy (non-hydrogen) atoms. The molecule has 0 heterocycles. The van der Waals surface area contributed by atoms with Crippen LogP contribution in [0.4, 0.5) is 13.2 Å². The molecule has 0 saturated heterocycles. The van der Waals surface area contributed by atoms with Gasteiger partial charge in [-0.25, -0.2) is 0 Å². The fourth-order valence-corrected chi connectivity index (χ4v) is 2.16. The lowest BCUT2D eigenvalue weighted by molar-refractivity contribution is -0.138. The van der Waals surface area contributed by atoms with E-state index in [0.29, 0.717) is 14.9 Å². The van der Waals surface area contributed by atoms with Crippen LogP contribution in [0.1, 0.15) is 5.56 Å². The lowest BCUT2D eigenvalue weighted by Gasteiger charge is -2.15. The lowest BCUT2D eigenvalue weighted by atomic mass is 10.2. The van der Waals surface area contributed by atoms with Gasteiger partial charge in [0, 0.05) is 0 Å². The third kappa shape index (κ3) is 5.97. The quantitative estimate of drug-likeness (QED) is 0.470. The Morgan fingerprint density at radius 3 is 2.16 bits per heavy atom. The van der Waals surface area contributed by atoms with Crippen molar-refractivity contribution in [1.29, 1.82) is 0 Å². The van der Waals surface area contributed by atoms with E-state index in [-0.39, 0.29) is 18.1 Å². The first kappa shape index (κ1) is 19.7. The van der Waals surface area contributed by atoms with Crippen LogP contribution in [0.2, 0.25) is 0 Å². The number of benzene rings is 2. The number of ether oxygens (including phenoxy) is 3. The van der Waals surface area contributed by atoms with Gasteiger partial charge in [-0.3, -0.25) is 0 Å². The summed E-state index contributed by atoms with van der Waals surface area (Å²) >= 11 is 6.22. The third-order valence-electron chi connectivity index (χ3n) is 3.03. The molecule has 0 saturated carbocycles. The molecule has 0 spiro atoms. The van der Waals surface area contributed by atoms with E-state index in [1.165, 1.54) is 19.2 Å². The van der Waals surface area contributed by atoms with Crippen LogP contribution in [0, 0.1) is 0 Å². The van der Waals surface area contributed by atoms with Gasteiger partial charge < -0.3 is 14.2 Å².